The lowest BCUT2D eigenvalue weighted by Gasteiger charge is -2.33. The number of rotatable bonds is 0. The van der Waals surface area contributed by atoms with Crippen molar-refractivity contribution in [3.8, 4) is 0 Å². The van der Waals surface area contributed by atoms with Crippen LogP contribution < -0.4 is 0 Å². The summed E-state index contributed by atoms with van der Waals surface area (Å²) in [6, 6.07) is 0. The monoisotopic (exact) mass is 376 g/mol. The van der Waals surface area contributed by atoms with Crippen LogP contribution in [-0.4, -0.2) is 22.7 Å². The summed E-state index contributed by atoms with van der Waals surface area (Å²) in [5.41, 5.74) is 0. The van der Waals surface area contributed by atoms with Crippen molar-refractivity contribution in [2.75, 3.05) is 0 Å². The first-order valence-electron chi connectivity index (χ1n) is 3.06. The predicted octanol–water partition coefficient (Wildman–Crippen LogP) is 5.30. The number of hydrogen-bond acceptors (Lipinski definition) is 0. The third-order valence-corrected chi connectivity index (χ3v) is 8.46. The Morgan fingerprint density at radius 1 is 0.571 bits per heavy atom. The van der Waals surface area contributed by atoms with Crippen molar-refractivity contribution in [1.82, 2.24) is 0 Å². The Bertz CT molecular complexity index is 228. The van der Waals surface area contributed by atoms with Crippen LogP contribution in [0.4, 0.5) is 0 Å². The highest BCUT2D eigenvalue weighted by atomic mass is 35.6. The molecular formula is C5HCl9. The quantitative estimate of drug-likeness (QED) is 0.500. The number of halogens is 9. The molecule has 0 heterocycles. The molecule has 0 spiro atoms. The molecule has 1 saturated carbocycles. The molecule has 0 atom stereocenters. The lowest BCUT2D eigenvalue weighted by atomic mass is 10.3. The largest absolute Gasteiger partial charge is 0.188 e. The zero-order chi connectivity index (χ0) is 11.6. The minimum atomic E-state index is -2.00. The summed E-state index contributed by atoms with van der Waals surface area (Å²) in [6.45, 7) is 0. The second-order valence-electron chi connectivity index (χ2n) is 2.76. The van der Waals surface area contributed by atoms with Crippen molar-refractivity contribution >= 4 is 104 Å². The molecule has 1 aliphatic carbocycles. The Hall–Kier alpha value is 2.61. The third-order valence-electron chi connectivity index (χ3n) is 1.87. The van der Waals surface area contributed by atoms with Gasteiger partial charge in [0.2, 0.25) is 0 Å². The molecule has 1 fully saturated rings. The van der Waals surface area contributed by atoms with Gasteiger partial charge in [-0.1, -0.05) is 92.8 Å². The Morgan fingerprint density at radius 2 is 0.786 bits per heavy atom. The topological polar surface area (TPSA) is 0 Å². The summed E-state index contributed by atoms with van der Waals surface area (Å²) < 4.78 is -7.74. The molecule has 0 aromatic heterocycles. The average Bonchev–Trinajstić information content (AvgIpc) is 2.05. The van der Waals surface area contributed by atoms with Crippen LogP contribution in [0, 0.1) is 0 Å². The molecule has 0 unspecified atom stereocenters. The standard InChI is InChI=1S/C5HCl9/c6-1-2(7,8)4(11,12)5(13,14)3(1,9)10/h1H. The van der Waals surface area contributed by atoms with Gasteiger partial charge in [0.05, 0.1) is 0 Å². The van der Waals surface area contributed by atoms with E-state index in [1.54, 1.807) is 0 Å². The van der Waals surface area contributed by atoms with E-state index in [0.717, 1.165) is 0 Å². The molecule has 0 bridgehead atoms. The van der Waals surface area contributed by atoms with E-state index in [0.29, 0.717) is 0 Å². The molecule has 0 radical (unpaired) electrons. The normalized spacial score (nSPS) is 33.2. The summed E-state index contributed by atoms with van der Waals surface area (Å²) in [5, 5.41) is -1.23. The molecule has 84 valence electrons. The van der Waals surface area contributed by atoms with Crippen LogP contribution in [0.3, 0.4) is 0 Å². The van der Waals surface area contributed by atoms with Gasteiger partial charge in [-0.05, 0) is 0 Å². The first kappa shape index (κ1) is 14.7. The van der Waals surface area contributed by atoms with Crippen molar-refractivity contribution in [1.29, 1.82) is 0 Å². The van der Waals surface area contributed by atoms with Crippen molar-refractivity contribution < 1.29 is 0 Å². The van der Waals surface area contributed by atoms with Gasteiger partial charge in [-0.3, -0.25) is 0 Å². The molecule has 0 aliphatic heterocycles. The molecule has 1 rings (SSSR count). The van der Waals surface area contributed by atoms with Crippen LogP contribution in [0.1, 0.15) is 0 Å². The van der Waals surface area contributed by atoms with E-state index in [9.17, 15) is 0 Å². The lowest BCUT2D eigenvalue weighted by Crippen LogP contribution is -2.46. The van der Waals surface area contributed by atoms with E-state index in [1.165, 1.54) is 0 Å². The molecule has 0 N–H and O–H groups in total. The Labute approximate surface area is 126 Å². The maximum atomic E-state index is 5.81. The summed E-state index contributed by atoms with van der Waals surface area (Å²) in [4.78, 5) is 0. The smallest absolute Gasteiger partial charge is 0.116 e. The molecule has 0 saturated heterocycles. The van der Waals surface area contributed by atoms with Gasteiger partial charge in [-0.25, -0.2) is 0 Å². The van der Waals surface area contributed by atoms with Crippen LogP contribution in [-0.2, 0) is 0 Å². The van der Waals surface area contributed by atoms with Crippen molar-refractivity contribution in [2.24, 2.45) is 0 Å². The summed E-state index contributed by atoms with van der Waals surface area (Å²) in [7, 11) is 0. The van der Waals surface area contributed by atoms with Gasteiger partial charge in [-0.2, -0.15) is 0 Å². The molecule has 0 aromatic carbocycles. The van der Waals surface area contributed by atoms with E-state index in [4.69, 9.17) is 104 Å². The Morgan fingerprint density at radius 3 is 0.857 bits per heavy atom. The van der Waals surface area contributed by atoms with Gasteiger partial charge < -0.3 is 0 Å². The van der Waals surface area contributed by atoms with E-state index >= 15 is 0 Å². The minimum absolute atomic E-state index is 1.23. The van der Waals surface area contributed by atoms with Crippen molar-refractivity contribution in [2.45, 2.75) is 22.7 Å². The fourth-order valence-electron chi connectivity index (χ4n) is 0.965. The fourth-order valence-corrected chi connectivity index (χ4v) is 4.38. The lowest BCUT2D eigenvalue weighted by molar-refractivity contribution is 0.724. The van der Waals surface area contributed by atoms with Crippen LogP contribution in [0.15, 0.2) is 0 Å². The van der Waals surface area contributed by atoms with Gasteiger partial charge in [0.1, 0.15) is 5.38 Å². The van der Waals surface area contributed by atoms with Gasteiger partial charge in [-0.15, -0.1) is 11.6 Å². The van der Waals surface area contributed by atoms with Crippen LogP contribution >= 0.6 is 104 Å². The molecule has 0 aromatic rings. The molecule has 9 heteroatoms. The van der Waals surface area contributed by atoms with Crippen LogP contribution in [0.25, 0.3) is 0 Å². The van der Waals surface area contributed by atoms with E-state index < -0.39 is 22.7 Å². The molecule has 0 amide bonds. The Kier molecular flexibility index (Phi) is 3.98. The highest BCUT2D eigenvalue weighted by Crippen LogP contribution is 2.71. The summed E-state index contributed by atoms with van der Waals surface area (Å²) in [6.07, 6.45) is 0. The molecule has 1 aliphatic rings. The highest BCUT2D eigenvalue weighted by molar-refractivity contribution is 6.78. The molecule has 0 nitrogen and oxygen atoms in total. The number of alkyl halides is 9. The minimum Gasteiger partial charge on any atom is -0.116 e. The second-order valence-corrected chi connectivity index (χ2v) is 8.62. The zero-order valence-corrected chi connectivity index (χ0v) is 12.8. The number of hydrogen-bond donors (Lipinski definition) is 0. The SMILES string of the molecule is ClC1C(Cl)(Cl)C(Cl)(Cl)C(Cl)(Cl)C1(Cl)Cl. The first-order valence-corrected chi connectivity index (χ1v) is 6.52. The van der Waals surface area contributed by atoms with Gasteiger partial charge in [0, 0.05) is 0 Å². The molecule has 14 heavy (non-hydrogen) atoms. The van der Waals surface area contributed by atoms with Crippen LogP contribution in [0.5, 0.6) is 0 Å². The van der Waals surface area contributed by atoms with E-state index in [1.807, 2.05) is 0 Å². The predicted molar refractivity (Wildman–Crippen MR) is 67.4 cm³/mol. The van der Waals surface area contributed by atoms with Gasteiger partial charge in [0.15, 0.2) is 17.3 Å². The van der Waals surface area contributed by atoms with E-state index in [-0.39, 0.29) is 0 Å². The summed E-state index contributed by atoms with van der Waals surface area (Å²) >= 11 is 52.3. The van der Waals surface area contributed by atoms with Gasteiger partial charge >= 0.3 is 0 Å². The first-order chi connectivity index (χ1) is 5.90. The van der Waals surface area contributed by atoms with E-state index in [2.05, 4.69) is 0 Å². The third kappa shape index (κ3) is 1.56. The Balaban J connectivity index is 3.38. The van der Waals surface area contributed by atoms with Crippen molar-refractivity contribution in [3.63, 3.8) is 0 Å². The molecular weight excluding hydrogens is 379 g/mol. The summed E-state index contributed by atoms with van der Waals surface area (Å²) in [5.74, 6) is 0. The fraction of sp³-hybridized carbons (Fsp3) is 1.00. The maximum Gasteiger partial charge on any atom is 0.188 e. The second kappa shape index (κ2) is 3.80. The average molecular weight is 380 g/mol. The van der Waals surface area contributed by atoms with Gasteiger partial charge in [0.25, 0.3) is 0 Å². The maximum absolute atomic E-state index is 5.81. The highest BCUT2D eigenvalue weighted by Gasteiger charge is 2.81. The van der Waals surface area contributed by atoms with Crippen LogP contribution in [0.2, 0.25) is 0 Å². The zero-order valence-electron chi connectivity index (χ0n) is 5.98. The van der Waals surface area contributed by atoms with Crippen molar-refractivity contribution in [3.05, 3.63) is 0 Å².